The van der Waals surface area contributed by atoms with Gasteiger partial charge in [0, 0.05) is 19.2 Å². The number of nitrogen functional groups attached to an aromatic ring is 1. The molecule has 19 heavy (non-hydrogen) atoms. The van der Waals surface area contributed by atoms with Crippen LogP contribution in [0.4, 0.5) is 11.6 Å². The Kier molecular flexibility index (Phi) is 3.66. The number of aromatic nitrogens is 2. The molecule has 2 rings (SSSR count). The summed E-state index contributed by atoms with van der Waals surface area (Å²) < 4.78 is 6.08. The zero-order chi connectivity index (χ0) is 14.3. The summed E-state index contributed by atoms with van der Waals surface area (Å²) in [6.07, 6.45) is 1.95. The highest BCUT2D eigenvalue weighted by molar-refractivity contribution is 7.98. The van der Waals surface area contributed by atoms with Crippen molar-refractivity contribution in [1.82, 2.24) is 9.97 Å². The molecule has 1 aliphatic heterocycles. The lowest BCUT2D eigenvalue weighted by Crippen LogP contribution is -2.57. The molecular weight excluding hydrogens is 260 g/mol. The van der Waals surface area contributed by atoms with Crippen LogP contribution in [0.25, 0.3) is 0 Å². The van der Waals surface area contributed by atoms with E-state index >= 15 is 0 Å². The van der Waals surface area contributed by atoms with Crippen LogP contribution in [0.5, 0.6) is 0 Å². The predicted octanol–water partition coefficient (Wildman–Crippen LogP) is 2.17. The second-order valence-corrected chi connectivity index (χ2v) is 6.89. The topological polar surface area (TPSA) is 64.3 Å². The van der Waals surface area contributed by atoms with Crippen LogP contribution >= 0.6 is 11.8 Å². The fourth-order valence-electron chi connectivity index (χ4n) is 2.63. The molecule has 0 unspecified atom stereocenters. The van der Waals surface area contributed by atoms with Crippen LogP contribution in [-0.4, -0.2) is 40.5 Å². The highest BCUT2D eigenvalue weighted by atomic mass is 32.2. The van der Waals surface area contributed by atoms with Gasteiger partial charge in [-0.1, -0.05) is 11.8 Å². The predicted molar refractivity (Wildman–Crippen MR) is 79.7 cm³/mol. The lowest BCUT2D eigenvalue weighted by atomic mass is 9.99. The number of morpholine rings is 1. The molecular formula is C13H22N4OS. The Morgan fingerprint density at radius 1 is 1.21 bits per heavy atom. The van der Waals surface area contributed by atoms with E-state index in [-0.39, 0.29) is 11.2 Å². The smallest absolute Gasteiger partial charge is 0.191 e. The Bertz CT molecular complexity index is 460. The minimum atomic E-state index is -0.207. The Labute approximate surface area is 118 Å². The molecule has 0 radical (unpaired) electrons. The van der Waals surface area contributed by atoms with Crippen LogP contribution in [0.15, 0.2) is 11.2 Å². The van der Waals surface area contributed by atoms with Crippen molar-refractivity contribution in [3.05, 3.63) is 6.07 Å². The van der Waals surface area contributed by atoms with E-state index in [1.165, 1.54) is 11.8 Å². The van der Waals surface area contributed by atoms with Crippen molar-refractivity contribution in [3.8, 4) is 0 Å². The van der Waals surface area contributed by atoms with Crippen LogP contribution in [0.2, 0.25) is 0 Å². The van der Waals surface area contributed by atoms with Crippen LogP contribution in [0.3, 0.4) is 0 Å². The molecule has 106 valence electrons. The van der Waals surface area contributed by atoms with Gasteiger partial charge in [-0.25, -0.2) is 9.97 Å². The Hall–Kier alpha value is -1.01. The first-order valence-corrected chi connectivity index (χ1v) is 7.57. The van der Waals surface area contributed by atoms with Gasteiger partial charge in [-0.15, -0.1) is 0 Å². The molecule has 0 spiro atoms. The van der Waals surface area contributed by atoms with Crippen molar-refractivity contribution < 1.29 is 4.74 Å². The van der Waals surface area contributed by atoms with E-state index in [0.29, 0.717) is 11.0 Å². The van der Waals surface area contributed by atoms with Gasteiger partial charge in [-0.2, -0.15) is 0 Å². The van der Waals surface area contributed by atoms with Crippen molar-refractivity contribution >= 4 is 23.4 Å². The SMILES string of the molecule is CSc1nc(N)cc(N2CC(C)(C)OC(C)(C)C2)n1. The summed E-state index contributed by atoms with van der Waals surface area (Å²) in [4.78, 5) is 11.0. The number of hydrogen-bond acceptors (Lipinski definition) is 6. The van der Waals surface area contributed by atoms with E-state index < -0.39 is 0 Å². The Morgan fingerprint density at radius 2 is 1.79 bits per heavy atom. The fourth-order valence-corrected chi connectivity index (χ4v) is 3.01. The standard InChI is InChI=1S/C13H22N4OS/c1-12(2)7-17(8-13(3,4)18-12)10-6-9(14)15-11(16-10)19-5/h6H,7-8H2,1-5H3,(H2,14,15,16). The van der Waals surface area contributed by atoms with E-state index in [0.717, 1.165) is 18.9 Å². The van der Waals surface area contributed by atoms with Gasteiger partial charge in [0.05, 0.1) is 11.2 Å². The third kappa shape index (κ3) is 3.51. The molecule has 0 aromatic carbocycles. The molecule has 0 bridgehead atoms. The van der Waals surface area contributed by atoms with Crippen LogP contribution in [-0.2, 0) is 4.74 Å². The van der Waals surface area contributed by atoms with Gasteiger partial charge in [-0.3, -0.25) is 0 Å². The maximum absolute atomic E-state index is 6.08. The van der Waals surface area contributed by atoms with Crippen molar-refractivity contribution in [2.24, 2.45) is 0 Å². The largest absolute Gasteiger partial charge is 0.383 e. The van der Waals surface area contributed by atoms with Crippen LogP contribution in [0.1, 0.15) is 27.7 Å². The molecule has 0 amide bonds. The van der Waals surface area contributed by atoms with E-state index in [1.54, 1.807) is 0 Å². The van der Waals surface area contributed by atoms with Gasteiger partial charge in [0.1, 0.15) is 11.6 Å². The summed E-state index contributed by atoms with van der Waals surface area (Å²) in [7, 11) is 0. The first-order valence-electron chi connectivity index (χ1n) is 6.34. The molecule has 0 atom stereocenters. The fraction of sp³-hybridized carbons (Fsp3) is 0.692. The molecule has 6 heteroatoms. The normalized spacial score (nSPS) is 21.4. The molecule has 1 saturated heterocycles. The summed E-state index contributed by atoms with van der Waals surface area (Å²) in [6.45, 7) is 9.98. The van der Waals surface area contributed by atoms with Crippen molar-refractivity contribution in [1.29, 1.82) is 0 Å². The highest BCUT2D eigenvalue weighted by Gasteiger charge is 2.38. The lowest BCUT2D eigenvalue weighted by molar-refractivity contribution is -0.133. The number of hydrogen-bond donors (Lipinski definition) is 1. The third-order valence-electron chi connectivity index (χ3n) is 2.91. The van der Waals surface area contributed by atoms with Gasteiger partial charge in [0.2, 0.25) is 0 Å². The van der Waals surface area contributed by atoms with Gasteiger partial charge in [-0.05, 0) is 34.0 Å². The third-order valence-corrected chi connectivity index (χ3v) is 3.46. The molecule has 1 fully saturated rings. The summed E-state index contributed by atoms with van der Waals surface area (Å²) in [5.74, 6) is 1.39. The molecule has 1 aromatic heterocycles. The zero-order valence-corrected chi connectivity index (χ0v) is 13.0. The minimum Gasteiger partial charge on any atom is -0.383 e. The summed E-state index contributed by atoms with van der Waals surface area (Å²) in [5.41, 5.74) is 5.44. The quantitative estimate of drug-likeness (QED) is 0.662. The number of nitrogens with two attached hydrogens (primary N) is 1. The maximum Gasteiger partial charge on any atom is 0.191 e. The molecule has 5 nitrogen and oxygen atoms in total. The van der Waals surface area contributed by atoms with E-state index in [9.17, 15) is 0 Å². The van der Waals surface area contributed by atoms with Crippen molar-refractivity contribution in [2.45, 2.75) is 44.1 Å². The van der Waals surface area contributed by atoms with Gasteiger partial charge in [0.25, 0.3) is 0 Å². The van der Waals surface area contributed by atoms with Crippen LogP contribution < -0.4 is 10.6 Å². The van der Waals surface area contributed by atoms with E-state index in [4.69, 9.17) is 10.5 Å². The average molecular weight is 282 g/mol. The Balaban J connectivity index is 2.33. The number of anilines is 2. The van der Waals surface area contributed by atoms with Gasteiger partial charge < -0.3 is 15.4 Å². The monoisotopic (exact) mass is 282 g/mol. The van der Waals surface area contributed by atoms with Gasteiger partial charge in [0.15, 0.2) is 5.16 Å². The van der Waals surface area contributed by atoms with Gasteiger partial charge >= 0.3 is 0 Å². The maximum atomic E-state index is 6.08. The molecule has 0 aliphatic carbocycles. The van der Waals surface area contributed by atoms with E-state index in [1.807, 2.05) is 12.3 Å². The highest BCUT2D eigenvalue weighted by Crippen LogP contribution is 2.31. The molecule has 1 aliphatic rings. The number of ether oxygens (including phenoxy) is 1. The molecule has 1 aromatic rings. The Morgan fingerprint density at radius 3 is 2.32 bits per heavy atom. The van der Waals surface area contributed by atoms with Crippen LogP contribution in [0, 0.1) is 0 Å². The van der Waals surface area contributed by atoms with Crippen molar-refractivity contribution in [3.63, 3.8) is 0 Å². The molecule has 0 saturated carbocycles. The van der Waals surface area contributed by atoms with E-state index in [2.05, 4.69) is 42.6 Å². The summed E-state index contributed by atoms with van der Waals surface area (Å²) >= 11 is 1.50. The first kappa shape index (κ1) is 14.4. The number of thioether (sulfide) groups is 1. The van der Waals surface area contributed by atoms with Crippen molar-refractivity contribution in [2.75, 3.05) is 30.0 Å². The summed E-state index contributed by atoms with van der Waals surface area (Å²) in [6, 6.07) is 1.83. The second kappa shape index (κ2) is 4.83. The second-order valence-electron chi connectivity index (χ2n) is 6.12. The first-order chi connectivity index (χ1) is 8.71. The molecule has 2 heterocycles. The zero-order valence-electron chi connectivity index (χ0n) is 12.2. The number of rotatable bonds is 2. The lowest BCUT2D eigenvalue weighted by Gasteiger charge is -2.47. The minimum absolute atomic E-state index is 0.207. The summed E-state index contributed by atoms with van der Waals surface area (Å²) in [5, 5.41) is 0.706. The molecule has 2 N–H and O–H groups in total. The number of nitrogens with zero attached hydrogens (tertiary/aromatic N) is 3. The average Bonchev–Trinajstić information content (AvgIpc) is 2.24.